The zero-order valence-corrected chi connectivity index (χ0v) is 22.7. The summed E-state index contributed by atoms with van der Waals surface area (Å²) in [6.07, 6.45) is 5.22. The number of ketones is 1. The van der Waals surface area contributed by atoms with E-state index < -0.39 is 5.41 Å². The van der Waals surface area contributed by atoms with Crippen LogP contribution in [0.5, 0.6) is 0 Å². The predicted molar refractivity (Wildman–Crippen MR) is 150 cm³/mol. The molecule has 0 amide bonds. The van der Waals surface area contributed by atoms with Crippen molar-refractivity contribution in [2.45, 2.75) is 64.8 Å². The molecule has 1 fully saturated rings. The van der Waals surface area contributed by atoms with Gasteiger partial charge in [-0.05, 0) is 66.8 Å². The van der Waals surface area contributed by atoms with Crippen LogP contribution in [0.1, 0.15) is 62.8 Å². The number of rotatable bonds is 8. The Kier molecular flexibility index (Phi) is 8.36. The van der Waals surface area contributed by atoms with E-state index in [-0.39, 0.29) is 12.4 Å². The van der Waals surface area contributed by atoms with Gasteiger partial charge in [-0.2, -0.15) is 5.26 Å². The molecule has 2 N–H and O–H groups in total. The van der Waals surface area contributed by atoms with Gasteiger partial charge in [0.25, 0.3) is 0 Å². The van der Waals surface area contributed by atoms with E-state index >= 15 is 0 Å². The molecule has 0 atom stereocenters. The largest absolute Gasteiger partial charge is 0.395 e. The molecule has 2 aromatic rings. The molecule has 1 aliphatic carbocycles. The summed E-state index contributed by atoms with van der Waals surface area (Å²) in [6, 6.07) is 14.7. The lowest BCUT2D eigenvalue weighted by Crippen LogP contribution is -2.46. The Morgan fingerprint density at radius 2 is 1.95 bits per heavy atom. The molecule has 1 saturated heterocycles. The lowest BCUT2D eigenvalue weighted by atomic mass is 9.78. The Morgan fingerprint density at radius 1 is 1.19 bits per heavy atom. The van der Waals surface area contributed by atoms with E-state index in [4.69, 9.17) is 0 Å². The van der Waals surface area contributed by atoms with Crippen molar-refractivity contribution in [2.24, 2.45) is 0 Å². The molecule has 1 aliphatic heterocycles. The molecule has 1 heterocycles. The second-order valence-corrected chi connectivity index (χ2v) is 10.7. The second kappa shape index (κ2) is 11.5. The molecule has 6 nitrogen and oxygen atoms in total. The number of anilines is 2. The van der Waals surface area contributed by atoms with E-state index in [1.54, 1.807) is 12.1 Å². The van der Waals surface area contributed by atoms with Gasteiger partial charge in [0, 0.05) is 60.7 Å². The SMILES string of the molecule is CCc1cc2c(cc1N1CCC(N(CC)CCO)CC1)C(C)(C)C(Nc1cccc(C#N)c1)=CC(=O)C2. The van der Waals surface area contributed by atoms with Crippen molar-refractivity contribution in [1.29, 1.82) is 5.26 Å². The van der Waals surface area contributed by atoms with E-state index in [9.17, 15) is 15.2 Å². The maximum Gasteiger partial charge on any atom is 0.161 e. The summed E-state index contributed by atoms with van der Waals surface area (Å²) in [5.41, 5.74) is 6.68. The van der Waals surface area contributed by atoms with Crippen LogP contribution in [0, 0.1) is 11.3 Å². The Balaban J connectivity index is 1.65. The topological polar surface area (TPSA) is 79.6 Å². The highest BCUT2D eigenvalue weighted by atomic mass is 16.3. The highest BCUT2D eigenvalue weighted by molar-refractivity contribution is 5.94. The fourth-order valence-corrected chi connectivity index (χ4v) is 5.93. The Hall–Kier alpha value is -3.14. The molecule has 4 rings (SSSR count). The number of allylic oxidation sites excluding steroid dienone is 2. The molecule has 0 unspecified atom stereocenters. The maximum absolute atomic E-state index is 13.0. The van der Waals surface area contributed by atoms with Gasteiger partial charge in [0.05, 0.1) is 18.2 Å². The third-order valence-corrected chi connectivity index (χ3v) is 8.09. The molecule has 2 aliphatic rings. The minimum atomic E-state index is -0.413. The van der Waals surface area contributed by atoms with Gasteiger partial charge in [0.2, 0.25) is 0 Å². The van der Waals surface area contributed by atoms with Crippen LogP contribution < -0.4 is 10.2 Å². The average Bonchev–Trinajstić information content (AvgIpc) is 2.99. The van der Waals surface area contributed by atoms with Crippen molar-refractivity contribution in [1.82, 2.24) is 4.90 Å². The molecule has 0 aromatic heterocycles. The smallest absolute Gasteiger partial charge is 0.161 e. The van der Waals surface area contributed by atoms with Gasteiger partial charge in [-0.15, -0.1) is 0 Å². The zero-order valence-electron chi connectivity index (χ0n) is 22.7. The quantitative estimate of drug-likeness (QED) is 0.542. The van der Waals surface area contributed by atoms with E-state index in [1.807, 2.05) is 18.2 Å². The van der Waals surface area contributed by atoms with Crippen molar-refractivity contribution in [3.8, 4) is 6.07 Å². The van der Waals surface area contributed by atoms with Crippen molar-refractivity contribution in [2.75, 3.05) is 43.0 Å². The predicted octanol–water partition coefficient (Wildman–Crippen LogP) is 4.80. The molecule has 2 aromatic carbocycles. The maximum atomic E-state index is 13.0. The van der Waals surface area contributed by atoms with E-state index in [0.717, 1.165) is 62.4 Å². The Bertz CT molecular complexity index is 1200. The van der Waals surface area contributed by atoms with E-state index in [0.29, 0.717) is 18.0 Å². The molecule has 0 saturated carbocycles. The number of aliphatic hydroxyl groups is 1. The minimum absolute atomic E-state index is 0.0879. The summed E-state index contributed by atoms with van der Waals surface area (Å²) in [5.74, 6) is 0.0879. The summed E-state index contributed by atoms with van der Waals surface area (Å²) in [6.45, 7) is 12.6. The Morgan fingerprint density at radius 3 is 2.59 bits per heavy atom. The monoisotopic (exact) mass is 500 g/mol. The van der Waals surface area contributed by atoms with Crippen LogP contribution >= 0.6 is 0 Å². The number of aryl methyl sites for hydroxylation is 1. The number of nitrogens with one attached hydrogen (secondary N) is 1. The third-order valence-electron chi connectivity index (χ3n) is 8.09. The van der Waals surface area contributed by atoms with Crippen LogP contribution in [0.25, 0.3) is 0 Å². The third kappa shape index (κ3) is 5.74. The van der Waals surface area contributed by atoms with Crippen molar-refractivity contribution >= 4 is 17.2 Å². The van der Waals surface area contributed by atoms with Gasteiger partial charge in [-0.25, -0.2) is 0 Å². The number of hydrogen-bond acceptors (Lipinski definition) is 6. The van der Waals surface area contributed by atoms with Crippen molar-refractivity contribution < 1.29 is 9.90 Å². The van der Waals surface area contributed by atoms with Gasteiger partial charge in [0.15, 0.2) is 5.78 Å². The lowest BCUT2D eigenvalue weighted by Gasteiger charge is -2.40. The highest BCUT2D eigenvalue weighted by Crippen LogP contribution is 2.41. The van der Waals surface area contributed by atoms with Gasteiger partial charge >= 0.3 is 0 Å². The first-order chi connectivity index (χ1) is 17.8. The van der Waals surface area contributed by atoms with E-state index in [1.165, 1.54) is 16.8 Å². The number of nitriles is 1. The Labute approximate surface area is 221 Å². The van der Waals surface area contributed by atoms with Crippen LogP contribution in [0.3, 0.4) is 0 Å². The number of aliphatic hydroxyl groups excluding tert-OH is 1. The van der Waals surface area contributed by atoms with Gasteiger partial charge in [0.1, 0.15) is 0 Å². The van der Waals surface area contributed by atoms with Crippen LogP contribution in [0.15, 0.2) is 48.2 Å². The van der Waals surface area contributed by atoms with Crippen LogP contribution in [-0.2, 0) is 23.1 Å². The summed E-state index contributed by atoms with van der Waals surface area (Å²) in [7, 11) is 0. The van der Waals surface area contributed by atoms with Crippen molar-refractivity contribution in [3.05, 3.63) is 70.4 Å². The number of likely N-dealkylation sites (N-methyl/N-ethyl adjacent to an activating group) is 1. The van der Waals surface area contributed by atoms with Crippen LogP contribution in [0.4, 0.5) is 11.4 Å². The standard InChI is InChI=1S/C31H40N4O2/c1-5-23-17-24-18-27(37)19-30(33-25-9-7-8-22(16-25)21-32)31(3,4)28(24)20-29(23)35-12-10-26(11-13-35)34(6-2)14-15-36/h7-9,16-17,19-20,26,33,36H,5-6,10-15,18H2,1-4H3. The molecule has 0 spiro atoms. The second-order valence-electron chi connectivity index (χ2n) is 10.7. The van der Waals surface area contributed by atoms with Gasteiger partial charge in [-0.3, -0.25) is 9.69 Å². The minimum Gasteiger partial charge on any atom is -0.395 e. The lowest BCUT2D eigenvalue weighted by molar-refractivity contribution is -0.114. The first kappa shape index (κ1) is 26.9. The number of hydrogen-bond donors (Lipinski definition) is 2. The number of carbonyl (C=O) groups is 1. The summed E-state index contributed by atoms with van der Waals surface area (Å²) in [4.78, 5) is 17.9. The van der Waals surface area contributed by atoms with Gasteiger partial charge in [-0.1, -0.05) is 39.8 Å². The number of nitrogens with zero attached hydrogens (tertiary/aromatic N) is 3. The first-order valence-corrected chi connectivity index (χ1v) is 13.6. The number of piperidine rings is 1. The van der Waals surface area contributed by atoms with Crippen LogP contribution in [-0.4, -0.2) is 54.6 Å². The number of benzene rings is 2. The van der Waals surface area contributed by atoms with Crippen molar-refractivity contribution in [3.63, 3.8) is 0 Å². The molecular formula is C31H40N4O2. The highest BCUT2D eigenvalue weighted by Gasteiger charge is 2.34. The van der Waals surface area contributed by atoms with Crippen LogP contribution in [0.2, 0.25) is 0 Å². The fourth-order valence-electron chi connectivity index (χ4n) is 5.93. The molecule has 6 heteroatoms. The molecule has 0 bridgehead atoms. The number of fused-ring (bicyclic) bond motifs is 1. The number of carbonyl (C=O) groups excluding carboxylic acids is 1. The molecule has 196 valence electrons. The molecular weight excluding hydrogens is 460 g/mol. The normalized spacial score (nSPS) is 17.7. The first-order valence-electron chi connectivity index (χ1n) is 13.6. The summed E-state index contributed by atoms with van der Waals surface area (Å²) < 4.78 is 0. The molecule has 37 heavy (non-hydrogen) atoms. The summed E-state index contributed by atoms with van der Waals surface area (Å²) >= 11 is 0. The zero-order chi connectivity index (χ0) is 26.6. The fraction of sp³-hybridized carbons (Fsp3) is 0.484. The molecule has 0 radical (unpaired) electrons. The van der Waals surface area contributed by atoms with Gasteiger partial charge < -0.3 is 15.3 Å². The average molecular weight is 501 g/mol. The summed E-state index contributed by atoms with van der Waals surface area (Å²) in [5, 5.41) is 22.2. The van der Waals surface area contributed by atoms with E-state index in [2.05, 4.69) is 61.0 Å².